The Morgan fingerprint density at radius 2 is 2.10 bits per heavy atom. The van der Waals surface area contributed by atoms with Crippen molar-refractivity contribution < 1.29 is 22.7 Å². The van der Waals surface area contributed by atoms with E-state index in [-0.39, 0.29) is 17.9 Å². The molecule has 0 bridgehead atoms. The Bertz CT molecular complexity index is 738. The summed E-state index contributed by atoms with van der Waals surface area (Å²) in [5.74, 6) is 0.0328. The summed E-state index contributed by atoms with van der Waals surface area (Å²) in [6.45, 7) is 5.33. The van der Waals surface area contributed by atoms with Crippen LogP contribution in [0.5, 0.6) is 0 Å². The molecule has 1 N–H and O–H groups in total. The number of carbonyl (C=O) groups is 1. The van der Waals surface area contributed by atoms with Crippen LogP contribution in [0.4, 0.5) is 13.2 Å². The lowest BCUT2D eigenvalue weighted by Crippen LogP contribution is -2.42. The van der Waals surface area contributed by atoms with E-state index in [1.54, 1.807) is 18.1 Å². The Kier molecular flexibility index (Phi) is 7.45. The minimum absolute atomic E-state index is 0.0523. The van der Waals surface area contributed by atoms with Gasteiger partial charge in [0.25, 0.3) is 0 Å². The highest BCUT2D eigenvalue weighted by Gasteiger charge is 2.38. The topological polar surface area (TPSA) is 41.6 Å². The summed E-state index contributed by atoms with van der Waals surface area (Å²) in [5.41, 5.74) is 0.897. The highest BCUT2D eigenvalue weighted by atomic mass is 19.4. The third-order valence-electron chi connectivity index (χ3n) is 6.58. The van der Waals surface area contributed by atoms with Gasteiger partial charge in [-0.3, -0.25) is 4.79 Å². The largest absolute Gasteiger partial charge is 0.416 e. The predicted octanol–water partition coefficient (Wildman–Crippen LogP) is 4.72. The van der Waals surface area contributed by atoms with E-state index in [4.69, 9.17) is 4.74 Å². The molecular formula is C23H33F3N2O2. The van der Waals surface area contributed by atoms with Crippen LogP contribution in [0.3, 0.4) is 0 Å². The second kappa shape index (κ2) is 9.69. The van der Waals surface area contributed by atoms with Gasteiger partial charge in [-0.25, -0.2) is 0 Å². The number of hydrogen-bond acceptors (Lipinski definition) is 3. The van der Waals surface area contributed by atoms with Crippen molar-refractivity contribution in [2.24, 2.45) is 5.92 Å². The molecule has 1 aromatic rings. The first-order valence-electron chi connectivity index (χ1n) is 11.0. The molecule has 0 radical (unpaired) electrons. The van der Waals surface area contributed by atoms with Crippen LogP contribution >= 0.6 is 0 Å². The van der Waals surface area contributed by atoms with Crippen LogP contribution in [0.15, 0.2) is 18.2 Å². The smallest absolute Gasteiger partial charge is 0.385 e. The standard InChI is InChI=1S/C23H33F3N2O2/c1-15(5-4-12-30-3)27-20-9-7-18(13-20)22(29)28-11-10-17-6-8-19(23(24,25)26)14-21(17)16(28)2/h6,8,14-16,18,20,27H,4-5,7,9-13H2,1-3H3. The molecule has 30 heavy (non-hydrogen) atoms. The number of hydrogen-bond donors (Lipinski definition) is 1. The first-order valence-corrected chi connectivity index (χ1v) is 11.0. The van der Waals surface area contributed by atoms with Crippen molar-refractivity contribution in [3.8, 4) is 0 Å². The quantitative estimate of drug-likeness (QED) is 0.642. The molecule has 4 atom stereocenters. The van der Waals surface area contributed by atoms with Crippen LogP contribution in [-0.2, 0) is 22.1 Å². The van der Waals surface area contributed by atoms with Crippen molar-refractivity contribution in [1.82, 2.24) is 10.2 Å². The van der Waals surface area contributed by atoms with E-state index in [0.717, 1.165) is 50.3 Å². The summed E-state index contributed by atoms with van der Waals surface area (Å²) in [5, 5.41) is 3.63. The summed E-state index contributed by atoms with van der Waals surface area (Å²) >= 11 is 0. The summed E-state index contributed by atoms with van der Waals surface area (Å²) in [7, 11) is 1.70. The van der Waals surface area contributed by atoms with Gasteiger partial charge in [0.15, 0.2) is 0 Å². The fourth-order valence-corrected chi connectivity index (χ4v) is 4.90. The van der Waals surface area contributed by atoms with Crippen LogP contribution < -0.4 is 5.32 Å². The predicted molar refractivity (Wildman–Crippen MR) is 110 cm³/mol. The number of alkyl halides is 3. The Hall–Kier alpha value is -1.60. The van der Waals surface area contributed by atoms with Crippen LogP contribution in [0.25, 0.3) is 0 Å². The molecule has 1 aliphatic heterocycles. The van der Waals surface area contributed by atoms with Gasteiger partial charge < -0.3 is 15.0 Å². The minimum Gasteiger partial charge on any atom is -0.385 e. The maximum Gasteiger partial charge on any atom is 0.416 e. The highest BCUT2D eigenvalue weighted by Crippen LogP contribution is 2.38. The van der Waals surface area contributed by atoms with E-state index in [9.17, 15) is 18.0 Å². The number of methoxy groups -OCH3 is 1. The van der Waals surface area contributed by atoms with Gasteiger partial charge in [-0.1, -0.05) is 6.07 Å². The van der Waals surface area contributed by atoms with Crippen LogP contribution in [0, 0.1) is 5.92 Å². The molecule has 1 heterocycles. The monoisotopic (exact) mass is 426 g/mol. The van der Waals surface area contributed by atoms with Gasteiger partial charge in [-0.2, -0.15) is 13.2 Å². The summed E-state index contributed by atoms with van der Waals surface area (Å²) in [6.07, 6.45) is 0.864. The SMILES string of the molecule is COCCCC(C)NC1CCC(C(=O)N2CCc3ccc(C(F)(F)F)cc3C2C)C1. The zero-order valence-corrected chi connectivity index (χ0v) is 18.1. The summed E-state index contributed by atoms with van der Waals surface area (Å²) in [4.78, 5) is 15.0. The molecule has 7 heteroatoms. The van der Waals surface area contributed by atoms with Crippen molar-refractivity contribution in [2.75, 3.05) is 20.3 Å². The number of carbonyl (C=O) groups excluding carboxylic acids is 1. The normalized spacial score (nSPS) is 25.3. The maximum absolute atomic E-state index is 13.2. The maximum atomic E-state index is 13.2. The van der Waals surface area contributed by atoms with Gasteiger partial charge in [0.05, 0.1) is 11.6 Å². The average Bonchev–Trinajstić information content (AvgIpc) is 3.15. The third-order valence-corrected chi connectivity index (χ3v) is 6.58. The number of amides is 1. The molecule has 1 saturated carbocycles. The van der Waals surface area contributed by atoms with E-state index in [1.165, 1.54) is 6.07 Å². The van der Waals surface area contributed by atoms with Crippen molar-refractivity contribution >= 4 is 5.91 Å². The lowest BCUT2D eigenvalue weighted by atomic mass is 9.90. The Labute approximate surface area is 177 Å². The van der Waals surface area contributed by atoms with Gasteiger partial charge >= 0.3 is 6.18 Å². The van der Waals surface area contributed by atoms with Gasteiger partial charge in [-0.05, 0) is 75.6 Å². The molecule has 168 valence electrons. The molecule has 0 saturated heterocycles. The van der Waals surface area contributed by atoms with Crippen LogP contribution in [0.2, 0.25) is 0 Å². The van der Waals surface area contributed by atoms with Crippen molar-refractivity contribution in [3.63, 3.8) is 0 Å². The molecule has 3 rings (SSSR count). The number of nitrogens with zero attached hydrogens (tertiary/aromatic N) is 1. The molecule has 0 spiro atoms. The molecule has 1 amide bonds. The average molecular weight is 427 g/mol. The Balaban J connectivity index is 1.60. The van der Waals surface area contributed by atoms with E-state index in [1.807, 2.05) is 6.92 Å². The highest BCUT2D eigenvalue weighted by molar-refractivity contribution is 5.80. The fraction of sp³-hybridized carbons (Fsp3) is 0.696. The molecule has 1 aromatic carbocycles. The van der Waals surface area contributed by atoms with Crippen molar-refractivity contribution in [3.05, 3.63) is 34.9 Å². The second-order valence-electron chi connectivity index (χ2n) is 8.78. The molecule has 1 aliphatic carbocycles. The minimum atomic E-state index is -4.37. The number of ether oxygens (including phenoxy) is 1. The summed E-state index contributed by atoms with van der Waals surface area (Å²) < 4.78 is 44.5. The molecule has 2 aliphatic rings. The van der Waals surface area contributed by atoms with Gasteiger partial charge in [0.2, 0.25) is 5.91 Å². The molecule has 0 aromatic heterocycles. The number of halogens is 3. The van der Waals surface area contributed by atoms with Crippen LogP contribution in [0.1, 0.15) is 68.7 Å². The second-order valence-corrected chi connectivity index (χ2v) is 8.78. The first kappa shape index (κ1) is 23.1. The van der Waals surface area contributed by atoms with Gasteiger partial charge in [0, 0.05) is 38.3 Å². The van der Waals surface area contributed by atoms with Gasteiger partial charge in [-0.15, -0.1) is 0 Å². The van der Waals surface area contributed by atoms with Crippen LogP contribution in [-0.4, -0.2) is 43.2 Å². The Morgan fingerprint density at radius 1 is 1.33 bits per heavy atom. The van der Waals surface area contributed by atoms with E-state index in [2.05, 4.69) is 12.2 Å². The molecule has 1 fully saturated rings. The molecular weight excluding hydrogens is 393 g/mol. The lowest BCUT2D eigenvalue weighted by molar-refractivity contribution is -0.138. The Morgan fingerprint density at radius 3 is 2.80 bits per heavy atom. The lowest BCUT2D eigenvalue weighted by Gasteiger charge is -2.37. The molecule has 4 unspecified atom stereocenters. The van der Waals surface area contributed by atoms with Crippen molar-refractivity contribution in [2.45, 2.75) is 76.7 Å². The zero-order chi connectivity index (χ0) is 21.9. The number of nitrogens with one attached hydrogen (secondary N) is 1. The summed E-state index contributed by atoms with van der Waals surface area (Å²) in [6, 6.07) is 4.30. The van der Waals surface area contributed by atoms with Gasteiger partial charge in [0.1, 0.15) is 0 Å². The number of rotatable bonds is 7. The number of fused-ring (bicyclic) bond motifs is 1. The van der Waals surface area contributed by atoms with E-state index in [0.29, 0.717) is 30.6 Å². The van der Waals surface area contributed by atoms with E-state index >= 15 is 0 Å². The fourth-order valence-electron chi connectivity index (χ4n) is 4.90. The van der Waals surface area contributed by atoms with Crippen molar-refractivity contribution in [1.29, 1.82) is 0 Å². The molecule has 4 nitrogen and oxygen atoms in total. The number of benzene rings is 1. The van der Waals surface area contributed by atoms with E-state index < -0.39 is 11.7 Å². The third kappa shape index (κ3) is 5.35. The first-order chi connectivity index (χ1) is 14.2. The zero-order valence-electron chi connectivity index (χ0n) is 18.1.